The third-order valence-corrected chi connectivity index (χ3v) is 8.79. The van der Waals surface area contributed by atoms with Crippen molar-refractivity contribution in [2.45, 2.75) is 69.5 Å². The molecule has 1 aliphatic heterocycles. The molecule has 3 aliphatic rings. The van der Waals surface area contributed by atoms with Gasteiger partial charge >= 0.3 is 0 Å². The second kappa shape index (κ2) is 9.14. The van der Waals surface area contributed by atoms with Gasteiger partial charge in [-0.25, -0.2) is 0 Å². The largest absolute Gasteiger partial charge is 0.497 e. The van der Waals surface area contributed by atoms with Crippen LogP contribution in [-0.4, -0.2) is 19.1 Å². The Morgan fingerprint density at radius 2 is 1.78 bits per heavy atom. The fraction of sp³-hybridized carbons (Fsp3) is 0.560. The van der Waals surface area contributed by atoms with Crippen LogP contribution in [-0.2, 0) is 10.5 Å². The Labute approximate surface area is 199 Å². The Kier molecular flexibility index (Phi) is 6.26. The van der Waals surface area contributed by atoms with Crippen molar-refractivity contribution in [2.24, 2.45) is 11.8 Å². The Hall–Kier alpha value is -1.92. The SMILES string of the molecule is COc1ccc2c(c1)NC(c1ccc(Cl)s1)(C(C(=O)NC1CCCCC1)C1CCCC1)N2. The molecule has 1 aromatic heterocycles. The molecule has 2 fully saturated rings. The van der Waals surface area contributed by atoms with E-state index in [4.69, 9.17) is 16.3 Å². The summed E-state index contributed by atoms with van der Waals surface area (Å²) in [5.74, 6) is 1.03. The molecule has 1 aromatic carbocycles. The lowest BCUT2D eigenvalue weighted by molar-refractivity contribution is -0.129. The van der Waals surface area contributed by atoms with E-state index >= 15 is 0 Å². The minimum atomic E-state index is -0.722. The smallest absolute Gasteiger partial charge is 0.228 e. The topological polar surface area (TPSA) is 62.4 Å². The molecule has 1 amide bonds. The van der Waals surface area contributed by atoms with E-state index in [1.165, 1.54) is 32.1 Å². The molecule has 0 saturated heterocycles. The van der Waals surface area contributed by atoms with Gasteiger partial charge in [-0.1, -0.05) is 43.7 Å². The summed E-state index contributed by atoms with van der Waals surface area (Å²) in [6, 6.07) is 10.3. The Morgan fingerprint density at radius 3 is 2.47 bits per heavy atom. The lowest BCUT2D eigenvalue weighted by Crippen LogP contribution is -2.56. The van der Waals surface area contributed by atoms with Crippen molar-refractivity contribution in [1.29, 1.82) is 0 Å². The molecule has 172 valence electrons. The standard InChI is InChI=1S/C25H32ClN3O2S/c1-31-18-11-12-19-20(15-18)29-25(28-19,21-13-14-22(26)32-21)23(16-7-5-6-8-16)24(30)27-17-9-3-2-4-10-17/h11-17,23,28-29H,2-10H2,1H3,(H,27,30). The fourth-order valence-electron chi connectivity index (χ4n) is 5.87. The number of hydrogen-bond donors (Lipinski definition) is 3. The second-order valence-corrected chi connectivity index (χ2v) is 11.2. The molecule has 0 bridgehead atoms. The van der Waals surface area contributed by atoms with Crippen molar-refractivity contribution in [3.8, 4) is 5.75 Å². The minimum Gasteiger partial charge on any atom is -0.497 e. The molecule has 5 rings (SSSR count). The third kappa shape index (κ3) is 4.08. The zero-order valence-corrected chi connectivity index (χ0v) is 20.2. The van der Waals surface area contributed by atoms with E-state index in [9.17, 15) is 4.79 Å². The van der Waals surface area contributed by atoms with Gasteiger partial charge in [-0.05, 0) is 55.9 Å². The summed E-state index contributed by atoms with van der Waals surface area (Å²) in [6.45, 7) is 0. The molecular weight excluding hydrogens is 442 g/mol. The number of anilines is 2. The number of hydrogen-bond acceptors (Lipinski definition) is 5. The molecule has 0 radical (unpaired) electrons. The second-order valence-electron chi connectivity index (χ2n) is 9.44. The first kappa shape index (κ1) is 21.9. The maximum absolute atomic E-state index is 14.0. The molecule has 2 unspecified atom stereocenters. The number of rotatable bonds is 6. The van der Waals surface area contributed by atoms with Crippen LogP contribution in [0.2, 0.25) is 4.34 Å². The molecule has 2 atom stereocenters. The minimum absolute atomic E-state index is 0.160. The van der Waals surface area contributed by atoms with Crippen LogP contribution in [0.25, 0.3) is 0 Å². The summed E-state index contributed by atoms with van der Waals surface area (Å²) in [6.07, 6.45) is 10.4. The van der Waals surface area contributed by atoms with Crippen molar-refractivity contribution in [3.63, 3.8) is 0 Å². The molecule has 32 heavy (non-hydrogen) atoms. The van der Waals surface area contributed by atoms with Gasteiger partial charge in [0.25, 0.3) is 0 Å². The van der Waals surface area contributed by atoms with Crippen LogP contribution in [0.15, 0.2) is 30.3 Å². The Balaban J connectivity index is 1.54. The van der Waals surface area contributed by atoms with Gasteiger partial charge in [0.2, 0.25) is 5.91 Å². The van der Waals surface area contributed by atoms with Crippen molar-refractivity contribution >= 4 is 40.2 Å². The van der Waals surface area contributed by atoms with Crippen LogP contribution in [0.4, 0.5) is 11.4 Å². The first-order valence-corrected chi connectivity index (χ1v) is 13.1. The molecule has 0 spiro atoms. The van der Waals surface area contributed by atoms with Gasteiger partial charge in [0, 0.05) is 12.1 Å². The maximum Gasteiger partial charge on any atom is 0.228 e. The highest BCUT2D eigenvalue weighted by molar-refractivity contribution is 7.16. The highest BCUT2D eigenvalue weighted by Crippen LogP contribution is 2.51. The third-order valence-electron chi connectivity index (χ3n) is 7.42. The van der Waals surface area contributed by atoms with Gasteiger partial charge in [-0.3, -0.25) is 4.79 Å². The van der Waals surface area contributed by atoms with Gasteiger partial charge in [-0.2, -0.15) is 0 Å². The Morgan fingerprint density at radius 1 is 1.06 bits per heavy atom. The summed E-state index contributed by atoms with van der Waals surface area (Å²) >= 11 is 7.95. The molecule has 7 heteroatoms. The van der Waals surface area contributed by atoms with Crippen LogP contribution < -0.4 is 20.7 Å². The molecule has 5 nitrogen and oxygen atoms in total. The number of ether oxygens (including phenoxy) is 1. The molecule has 2 heterocycles. The van der Waals surface area contributed by atoms with Gasteiger partial charge in [0.05, 0.1) is 33.6 Å². The fourth-order valence-corrected chi connectivity index (χ4v) is 7.05. The van der Waals surface area contributed by atoms with Crippen LogP contribution in [0.5, 0.6) is 5.75 Å². The predicted molar refractivity (Wildman–Crippen MR) is 132 cm³/mol. The lowest BCUT2D eigenvalue weighted by atomic mass is 9.78. The van der Waals surface area contributed by atoms with Crippen LogP contribution in [0.3, 0.4) is 0 Å². The van der Waals surface area contributed by atoms with Crippen molar-refractivity contribution < 1.29 is 9.53 Å². The maximum atomic E-state index is 14.0. The van der Waals surface area contributed by atoms with E-state index < -0.39 is 5.66 Å². The number of amides is 1. The predicted octanol–water partition coefficient (Wildman–Crippen LogP) is 6.36. The van der Waals surface area contributed by atoms with Gasteiger partial charge in [0.15, 0.2) is 5.66 Å². The van der Waals surface area contributed by atoms with Crippen LogP contribution in [0, 0.1) is 11.8 Å². The molecule has 3 N–H and O–H groups in total. The number of halogens is 1. The number of methoxy groups -OCH3 is 1. The Bertz CT molecular complexity index is 968. The number of benzene rings is 1. The zero-order chi connectivity index (χ0) is 22.1. The number of carbonyl (C=O) groups excluding carboxylic acids is 1. The number of thiophene rings is 1. The van der Waals surface area contributed by atoms with Gasteiger partial charge < -0.3 is 20.7 Å². The normalized spacial score (nSPS) is 24.4. The average molecular weight is 474 g/mol. The van der Waals surface area contributed by atoms with E-state index in [-0.39, 0.29) is 17.9 Å². The summed E-state index contributed by atoms with van der Waals surface area (Å²) < 4.78 is 6.19. The molecule has 2 aromatic rings. The average Bonchev–Trinajstić information content (AvgIpc) is 3.54. The zero-order valence-electron chi connectivity index (χ0n) is 18.6. The summed E-state index contributed by atoms with van der Waals surface area (Å²) in [4.78, 5) is 15.1. The highest BCUT2D eigenvalue weighted by Gasteiger charge is 2.53. The number of fused-ring (bicyclic) bond motifs is 1. The highest BCUT2D eigenvalue weighted by atomic mass is 35.5. The summed E-state index contributed by atoms with van der Waals surface area (Å²) in [5.41, 5.74) is 1.23. The van der Waals surface area contributed by atoms with E-state index in [0.29, 0.717) is 5.92 Å². The quantitative estimate of drug-likeness (QED) is 0.457. The number of carbonyl (C=O) groups is 1. The first-order valence-electron chi connectivity index (χ1n) is 11.9. The van der Waals surface area contributed by atoms with E-state index in [1.807, 2.05) is 24.3 Å². The van der Waals surface area contributed by atoms with E-state index in [0.717, 1.165) is 52.0 Å². The molecule has 2 aliphatic carbocycles. The number of nitrogens with one attached hydrogen (secondary N) is 3. The van der Waals surface area contributed by atoms with Crippen LogP contribution in [0.1, 0.15) is 62.7 Å². The van der Waals surface area contributed by atoms with E-state index in [2.05, 4.69) is 22.0 Å². The van der Waals surface area contributed by atoms with Crippen molar-refractivity contribution in [2.75, 3.05) is 17.7 Å². The van der Waals surface area contributed by atoms with Gasteiger partial charge in [0.1, 0.15) is 5.75 Å². The molecule has 2 saturated carbocycles. The van der Waals surface area contributed by atoms with Crippen molar-refractivity contribution in [1.82, 2.24) is 5.32 Å². The molecular formula is C25H32ClN3O2S. The monoisotopic (exact) mass is 473 g/mol. The summed E-state index contributed by atoms with van der Waals surface area (Å²) in [5, 5.41) is 10.9. The lowest BCUT2D eigenvalue weighted by Gasteiger charge is -2.41. The van der Waals surface area contributed by atoms with Crippen molar-refractivity contribution in [3.05, 3.63) is 39.5 Å². The summed E-state index contributed by atoms with van der Waals surface area (Å²) in [7, 11) is 1.68. The first-order chi connectivity index (χ1) is 15.6. The van der Waals surface area contributed by atoms with E-state index in [1.54, 1.807) is 18.4 Å². The van der Waals surface area contributed by atoms with Crippen LogP contribution >= 0.6 is 22.9 Å². The van der Waals surface area contributed by atoms with Gasteiger partial charge in [-0.15, -0.1) is 11.3 Å².